The van der Waals surface area contributed by atoms with Crippen LogP contribution in [0.5, 0.6) is 0 Å². The zero-order valence-electron chi connectivity index (χ0n) is 11.0. The lowest BCUT2D eigenvalue weighted by atomic mass is 10.0. The van der Waals surface area contributed by atoms with Gasteiger partial charge in [0.15, 0.2) is 0 Å². The van der Waals surface area contributed by atoms with Crippen LogP contribution in [0.3, 0.4) is 0 Å². The van der Waals surface area contributed by atoms with Crippen molar-refractivity contribution in [1.82, 2.24) is 10.2 Å². The molecule has 1 saturated heterocycles. The van der Waals surface area contributed by atoms with Gasteiger partial charge in [-0.15, -0.1) is 11.3 Å². The van der Waals surface area contributed by atoms with Gasteiger partial charge in [-0.3, -0.25) is 4.90 Å². The molecule has 106 valence electrons. The standard InChI is InChI=1S/C15H16BrFN2S/c16-12-4-3-11(10-13(12)17)15(14-2-1-9-20-14)19-7-5-18-6-8-19/h1-4,9-10,15,18H,5-8H2/t15-/m1/s1. The molecule has 0 amide bonds. The summed E-state index contributed by atoms with van der Waals surface area (Å²) in [5, 5.41) is 5.45. The second kappa shape index (κ2) is 6.35. The lowest BCUT2D eigenvalue weighted by Crippen LogP contribution is -2.45. The SMILES string of the molecule is Fc1cc([C@H](c2cccs2)N2CCNCC2)ccc1Br. The summed E-state index contributed by atoms with van der Waals surface area (Å²) < 4.78 is 14.4. The summed E-state index contributed by atoms with van der Waals surface area (Å²) in [7, 11) is 0. The van der Waals surface area contributed by atoms with Gasteiger partial charge in [0.25, 0.3) is 0 Å². The van der Waals surface area contributed by atoms with Crippen LogP contribution in [0.15, 0.2) is 40.2 Å². The monoisotopic (exact) mass is 354 g/mol. The maximum atomic E-state index is 13.9. The van der Waals surface area contributed by atoms with Crippen molar-refractivity contribution in [2.75, 3.05) is 26.2 Å². The number of hydrogen-bond donors (Lipinski definition) is 1. The molecular formula is C15H16BrFN2S. The Morgan fingerprint density at radius 2 is 2.05 bits per heavy atom. The molecule has 0 bridgehead atoms. The molecule has 2 nitrogen and oxygen atoms in total. The van der Waals surface area contributed by atoms with E-state index in [1.165, 1.54) is 4.88 Å². The summed E-state index contributed by atoms with van der Waals surface area (Å²) in [6, 6.07) is 9.81. The Kier molecular flexibility index (Phi) is 4.51. The van der Waals surface area contributed by atoms with Crippen molar-refractivity contribution in [3.63, 3.8) is 0 Å². The van der Waals surface area contributed by atoms with E-state index in [1.807, 2.05) is 6.07 Å². The van der Waals surface area contributed by atoms with E-state index in [0.717, 1.165) is 31.7 Å². The predicted molar refractivity (Wildman–Crippen MR) is 84.7 cm³/mol. The molecule has 1 N–H and O–H groups in total. The van der Waals surface area contributed by atoms with Crippen molar-refractivity contribution in [2.24, 2.45) is 0 Å². The van der Waals surface area contributed by atoms with Crippen LogP contribution in [0.4, 0.5) is 4.39 Å². The first-order valence-corrected chi connectivity index (χ1v) is 8.36. The van der Waals surface area contributed by atoms with Crippen molar-refractivity contribution < 1.29 is 4.39 Å². The van der Waals surface area contributed by atoms with Crippen LogP contribution in [0.2, 0.25) is 0 Å². The molecule has 0 spiro atoms. The molecule has 0 unspecified atom stereocenters. The first-order chi connectivity index (χ1) is 9.75. The Morgan fingerprint density at radius 1 is 1.25 bits per heavy atom. The topological polar surface area (TPSA) is 15.3 Å². The van der Waals surface area contributed by atoms with Crippen LogP contribution in [-0.2, 0) is 0 Å². The third-order valence-electron chi connectivity index (χ3n) is 3.59. The number of rotatable bonds is 3. The first kappa shape index (κ1) is 14.2. The molecule has 3 rings (SSSR count). The Morgan fingerprint density at radius 3 is 2.70 bits per heavy atom. The molecule has 0 saturated carbocycles. The van der Waals surface area contributed by atoms with E-state index in [2.05, 4.69) is 43.7 Å². The van der Waals surface area contributed by atoms with Gasteiger partial charge in [0.05, 0.1) is 10.5 Å². The highest BCUT2D eigenvalue weighted by atomic mass is 79.9. The van der Waals surface area contributed by atoms with Gasteiger partial charge in [-0.2, -0.15) is 0 Å². The van der Waals surface area contributed by atoms with Crippen molar-refractivity contribution in [3.8, 4) is 0 Å². The molecule has 1 atom stereocenters. The zero-order chi connectivity index (χ0) is 13.9. The van der Waals surface area contributed by atoms with Crippen molar-refractivity contribution in [1.29, 1.82) is 0 Å². The summed E-state index contributed by atoms with van der Waals surface area (Å²) in [5.74, 6) is -0.195. The van der Waals surface area contributed by atoms with Crippen LogP contribution < -0.4 is 5.32 Å². The van der Waals surface area contributed by atoms with Gasteiger partial charge in [-0.25, -0.2) is 4.39 Å². The maximum Gasteiger partial charge on any atom is 0.137 e. The highest BCUT2D eigenvalue weighted by Crippen LogP contribution is 2.33. The van der Waals surface area contributed by atoms with Crippen LogP contribution in [0, 0.1) is 5.82 Å². The smallest absolute Gasteiger partial charge is 0.137 e. The van der Waals surface area contributed by atoms with E-state index in [9.17, 15) is 4.39 Å². The fourth-order valence-electron chi connectivity index (χ4n) is 2.62. The van der Waals surface area contributed by atoms with E-state index >= 15 is 0 Å². The second-order valence-corrected chi connectivity index (χ2v) is 6.71. The third kappa shape index (κ3) is 2.96. The number of benzene rings is 1. The van der Waals surface area contributed by atoms with Gasteiger partial charge in [0, 0.05) is 31.1 Å². The highest BCUT2D eigenvalue weighted by Gasteiger charge is 2.25. The van der Waals surface area contributed by atoms with E-state index in [4.69, 9.17) is 0 Å². The lowest BCUT2D eigenvalue weighted by Gasteiger charge is -2.34. The van der Waals surface area contributed by atoms with Gasteiger partial charge in [0.2, 0.25) is 0 Å². The number of thiophene rings is 1. The normalized spacial score (nSPS) is 18.1. The molecule has 1 aliphatic heterocycles. The molecule has 0 aliphatic carbocycles. The Labute approximate surface area is 130 Å². The third-order valence-corrected chi connectivity index (χ3v) is 5.16. The minimum Gasteiger partial charge on any atom is -0.314 e. The zero-order valence-corrected chi connectivity index (χ0v) is 13.4. The average molecular weight is 355 g/mol. The highest BCUT2D eigenvalue weighted by molar-refractivity contribution is 9.10. The van der Waals surface area contributed by atoms with Gasteiger partial charge >= 0.3 is 0 Å². The Balaban J connectivity index is 1.98. The molecule has 5 heteroatoms. The number of halogens is 2. The van der Waals surface area contributed by atoms with Gasteiger partial charge in [-0.1, -0.05) is 12.1 Å². The number of nitrogens with zero attached hydrogens (tertiary/aromatic N) is 1. The predicted octanol–water partition coefficient (Wildman–Crippen LogP) is 3.64. The number of hydrogen-bond acceptors (Lipinski definition) is 3. The molecule has 0 radical (unpaired) electrons. The van der Waals surface area contributed by atoms with Gasteiger partial charge in [-0.05, 0) is 45.1 Å². The lowest BCUT2D eigenvalue weighted by molar-refractivity contribution is 0.200. The molecule has 1 aliphatic rings. The molecule has 1 aromatic carbocycles. The van der Waals surface area contributed by atoms with Crippen molar-refractivity contribution in [3.05, 3.63) is 56.4 Å². The van der Waals surface area contributed by atoms with Crippen molar-refractivity contribution >= 4 is 27.3 Å². The summed E-state index contributed by atoms with van der Waals surface area (Å²) in [6.45, 7) is 3.95. The second-order valence-electron chi connectivity index (χ2n) is 4.88. The van der Waals surface area contributed by atoms with Gasteiger partial charge < -0.3 is 5.32 Å². The maximum absolute atomic E-state index is 13.9. The van der Waals surface area contributed by atoms with Crippen LogP contribution >= 0.6 is 27.3 Å². The summed E-state index contributed by atoms with van der Waals surface area (Å²) in [4.78, 5) is 3.69. The van der Waals surface area contributed by atoms with E-state index in [-0.39, 0.29) is 11.9 Å². The average Bonchev–Trinajstić information content (AvgIpc) is 2.98. The summed E-state index contributed by atoms with van der Waals surface area (Å²) in [6.07, 6.45) is 0. The fourth-order valence-corrected chi connectivity index (χ4v) is 3.76. The quantitative estimate of drug-likeness (QED) is 0.904. The largest absolute Gasteiger partial charge is 0.314 e. The molecule has 2 heterocycles. The Hall–Kier alpha value is -0.750. The Bertz CT molecular complexity index is 567. The van der Waals surface area contributed by atoms with Crippen LogP contribution in [0.25, 0.3) is 0 Å². The summed E-state index contributed by atoms with van der Waals surface area (Å²) in [5.41, 5.74) is 1.02. The van der Waals surface area contributed by atoms with Crippen molar-refractivity contribution in [2.45, 2.75) is 6.04 Å². The molecule has 1 fully saturated rings. The molecular weight excluding hydrogens is 339 g/mol. The van der Waals surface area contributed by atoms with Crippen LogP contribution in [0.1, 0.15) is 16.5 Å². The summed E-state index contributed by atoms with van der Waals surface area (Å²) >= 11 is 4.96. The fraction of sp³-hybridized carbons (Fsp3) is 0.333. The number of piperazine rings is 1. The first-order valence-electron chi connectivity index (χ1n) is 6.69. The molecule has 1 aromatic heterocycles. The van der Waals surface area contributed by atoms with Crippen LogP contribution in [-0.4, -0.2) is 31.1 Å². The van der Waals surface area contributed by atoms with Gasteiger partial charge in [0.1, 0.15) is 5.82 Å². The van der Waals surface area contributed by atoms with E-state index < -0.39 is 0 Å². The number of nitrogens with one attached hydrogen (secondary N) is 1. The minimum absolute atomic E-state index is 0.152. The van der Waals surface area contributed by atoms with E-state index in [1.54, 1.807) is 23.5 Å². The molecule has 20 heavy (non-hydrogen) atoms. The van der Waals surface area contributed by atoms with E-state index in [0.29, 0.717) is 4.47 Å². The minimum atomic E-state index is -0.195. The molecule has 2 aromatic rings.